The number of hydrogen-bond donors (Lipinski definition) is 0. The minimum Gasteiger partial charge on any atom is -0.334 e. The largest absolute Gasteiger partial charge is 0.334 e. The van der Waals surface area contributed by atoms with Gasteiger partial charge in [0, 0.05) is 18.9 Å². The summed E-state index contributed by atoms with van der Waals surface area (Å²) < 4.78 is 0. The van der Waals surface area contributed by atoms with E-state index in [0.29, 0.717) is 6.04 Å². The van der Waals surface area contributed by atoms with Crippen molar-refractivity contribution in [3.05, 3.63) is 53.9 Å². The molecule has 3 nitrogen and oxygen atoms in total. The van der Waals surface area contributed by atoms with Gasteiger partial charge in [-0.05, 0) is 31.4 Å². The van der Waals surface area contributed by atoms with Crippen LogP contribution in [0, 0.1) is 6.92 Å². The zero-order valence-electron chi connectivity index (χ0n) is 10.6. The number of anilines is 1. The fourth-order valence-electron chi connectivity index (χ4n) is 2.58. The number of rotatable bonds is 2. The molecule has 2 heterocycles. The predicted octanol–water partition coefficient (Wildman–Crippen LogP) is 3.13. The molecule has 1 saturated heterocycles. The molecule has 0 spiro atoms. The van der Waals surface area contributed by atoms with Gasteiger partial charge in [0.15, 0.2) is 0 Å². The summed E-state index contributed by atoms with van der Waals surface area (Å²) in [6, 6.07) is 11.1. The number of benzene rings is 1. The Morgan fingerprint density at radius 2 is 1.83 bits per heavy atom. The van der Waals surface area contributed by atoms with Crippen molar-refractivity contribution in [1.29, 1.82) is 0 Å². The molecule has 1 atom stereocenters. The third-order valence-corrected chi connectivity index (χ3v) is 3.52. The first-order valence-corrected chi connectivity index (χ1v) is 6.45. The lowest BCUT2D eigenvalue weighted by Crippen LogP contribution is -2.24. The first-order chi connectivity index (χ1) is 8.84. The van der Waals surface area contributed by atoms with Gasteiger partial charge in [0.25, 0.3) is 0 Å². The second-order valence-corrected chi connectivity index (χ2v) is 4.81. The van der Waals surface area contributed by atoms with Crippen LogP contribution < -0.4 is 4.90 Å². The molecule has 0 aliphatic carbocycles. The van der Waals surface area contributed by atoms with Crippen molar-refractivity contribution in [2.75, 3.05) is 11.4 Å². The Morgan fingerprint density at radius 3 is 2.56 bits per heavy atom. The van der Waals surface area contributed by atoms with Crippen molar-refractivity contribution in [1.82, 2.24) is 9.97 Å². The minimum atomic E-state index is 0.424. The zero-order chi connectivity index (χ0) is 12.4. The highest BCUT2D eigenvalue weighted by molar-refractivity contribution is 5.38. The molecule has 1 fully saturated rings. The first-order valence-electron chi connectivity index (χ1n) is 6.45. The Bertz CT molecular complexity index is 507. The molecule has 3 rings (SSSR count). The van der Waals surface area contributed by atoms with Crippen molar-refractivity contribution >= 4 is 5.95 Å². The van der Waals surface area contributed by atoms with Crippen LogP contribution in [0.3, 0.4) is 0 Å². The Labute approximate surface area is 108 Å². The zero-order valence-corrected chi connectivity index (χ0v) is 10.6. The molecule has 1 aliphatic rings. The lowest BCUT2D eigenvalue weighted by molar-refractivity contribution is 0.701. The van der Waals surface area contributed by atoms with Crippen LogP contribution >= 0.6 is 0 Å². The smallest absolute Gasteiger partial charge is 0.225 e. The molecule has 2 aromatic rings. The molecule has 0 amide bonds. The van der Waals surface area contributed by atoms with Gasteiger partial charge in [-0.1, -0.05) is 29.8 Å². The van der Waals surface area contributed by atoms with Gasteiger partial charge in [-0.15, -0.1) is 0 Å². The molecular formula is C15H17N3. The van der Waals surface area contributed by atoms with Gasteiger partial charge in [-0.25, -0.2) is 9.97 Å². The summed E-state index contributed by atoms with van der Waals surface area (Å²) in [7, 11) is 0. The van der Waals surface area contributed by atoms with Crippen LogP contribution in [-0.4, -0.2) is 16.5 Å². The van der Waals surface area contributed by atoms with E-state index >= 15 is 0 Å². The highest BCUT2D eigenvalue weighted by Crippen LogP contribution is 2.34. The van der Waals surface area contributed by atoms with Crippen molar-refractivity contribution in [3.8, 4) is 0 Å². The average molecular weight is 239 g/mol. The standard InChI is InChI=1S/C15H17N3/c1-12-5-7-13(8-6-12)14-4-2-11-18(14)15-16-9-3-10-17-15/h3,5-10,14H,2,4,11H2,1H3. The predicted molar refractivity (Wildman–Crippen MR) is 72.5 cm³/mol. The maximum atomic E-state index is 4.37. The summed E-state index contributed by atoms with van der Waals surface area (Å²) in [5, 5.41) is 0. The summed E-state index contributed by atoms with van der Waals surface area (Å²) in [5.74, 6) is 0.848. The molecule has 0 N–H and O–H groups in total. The molecule has 1 aromatic heterocycles. The maximum absolute atomic E-state index is 4.37. The number of aromatic nitrogens is 2. The second-order valence-electron chi connectivity index (χ2n) is 4.81. The Kier molecular flexibility index (Phi) is 2.97. The van der Waals surface area contributed by atoms with Crippen molar-refractivity contribution in [3.63, 3.8) is 0 Å². The third-order valence-electron chi connectivity index (χ3n) is 3.52. The minimum absolute atomic E-state index is 0.424. The highest BCUT2D eigenvalue weighted by Gasteiger charge is 2.27. The number of nitrogens with zero attached hydrogens (tertiary/aromatic N) is 3. The molecule has 0 saturated carbocycles. The maximum Gasteiger partial charge on any atom is 0.225 e. The molecule has 3 heteroatoms. The summed E-state index contributed by atoms with van der Waals surface area (Å²) in [6.07, 6.45) is 6.01. The van der Waals surface area contributed by atoms with Crippen LogP contribution in [-0.2, 0) is 0 Å². The van der Waals surface area contributed by atoms with E-state index in [-0.39, 0.29) is 0 Å². The Morgan fingerprint density at radius 1 is 1.11 bits per heavy atom. The Hall–Kier alpha value is -1.90. The van der Waals surface area contributed by atoms with Crippen molar-refractivity contribution < 1.29 is 0 Å². The number of aryl methyl sites for hydroxylation is 1. The van der Waals surface area contributed by atoms with Gasteiger partial charge < -0.3 is 4.90 Å². The van der Waals surface area contributed by atoms with E-state index in [4.69, 9.17) is 0 Å². The molecule has 18 heavy (non-hydrogen) atoms. The van der Waals surface area contributed by atoms with E-state index in [1.54, 1.807) is 0 Å². The van der Waals surface area contributed by atoms with Crippen LogP contribution in [0.2, 0.25) is 0 Å². The van der Waals surface area contributed by atoms with E-state index in [1.165, 1.54) is 24.0 Å². The van der Waals surface area contributed by atoms with E-state index in [2.05, 4.69) is 46.1 Å². The third kappa shape index (κ3) is 2.08. The van der Waals surface area contributed by atoms with Gasteiger partial charge in [0.2, 0.25) is 5.95 Å². The van der Waals surface area contributed by atoms with Gasteiger partial charge in [0.1, 0.15) is 0 Å². The first kappa shape index (κ1) is 11.2. The van der Waals surface area contributed by atoms with Gasteiger partial charge in [0.05, 0.1) is 6.04 Å². The van der Waals surface area contributed by atoms with Crippen LogP contribution in [0.25, 0.3) is 0 Å². The topological polar surface area (TPSA) is 29.0 Å². The highest BCUT2D eigenvalue weighted by atomic mass is 15.3. The van der Waals surface area contributed by atoms with Crippen molar-refractivity contribution in [2.24, 2.45) is 0 Å². The van der Waals surface area contributed by atoms with Crippen LogP contribution in [0.5, 0.6) is 0 Å². The summed E-state index contributed by atoms with van der Waals surface area (Å²) in [5.41, 5.74) is 2.67. The molecule has 92 valence electrons. The van der Waals surface area contributed by atoms with Gasteiger partial charge >= 0.3 is 0 Å². The normalized spacial score (nSPS) is 19.2. The van der Waals surface area contributed by atoms with Gasteiger partial charge in [-0.3, -0.25) is 0 Å². The molecule has 1 unspecified atom stereocenters. The van der Waals surface area contributed by atoms with Gasteiger partial charge in [-0.2, -0.15) is 0 Å². The molecule has 1 aromatic carbocycles. The lowest BCUT2D eigenvalue weighted by Gasteiger charge is -2.24. The quantitative estimate of drug-likeness (QED) is 0.806. The monoisotopic (exact) mass is 239 g/mol. The second kappa shape index (κ2) is 4.77. The van der Waals surface area contributed by atoms with E-state index < -0.39 is 0 Å². The summed E-state index contributed by atoms with van der Waals surface area (Å²) in [6.45, 7) is 3.17. The summed E-state index contributed by atoms with van der Waals surface area (Å²) in [4.78, 5) is 11.0. The molecule has 0 bridgehead atoms. The van der Waals surface area contributed by atoms with E-state index in [1.807, 2.05) is 18.5 Å². The molecule has 1 aliphatic heterocycles. The fourth-order valence-corrected chi connectivity index (χ4v) is 2.58. The van der Waals surface area contributed by atoms with Crippen LogP contribution in [0.4, 0.5) is 5.95 Å². The molecular weight excluding hydrogens is 222 g/mol. The lowest BCUT2D eigenvalue weighted by atomic mass is 10.0. The summed E-state index contributed by atoms with van der Waals surface area (Å²) >= 11 is 0. The van der Waals surface area contributed by atoms with Crippen LogP contribution in [0.15, 0.2) is 42.7 Å². The SMILES string of the molecule is Cc1ccc(C2CCCN2c2ncccn2)cc1. The van der Waals surface area contributed by atoms with E-state index in [0.717, 1.165) is 12.5 Å². The molecule has 0 radical (unpaired) electrons. The van der Waals surface area contributed by atoms with Crippen molar-refractivity contribution in [2.45, 2.75) is 25.8 Å². The Balaban J connectivity index is 1.90. The van der Waals surface area contributed by atoms with Crippen LogP contribution in [0.1, 0.15) is 30.0 Å². The average Bonchev–Trinajstić information content (AvgIpc) is 2.90. The number of hydrogen-bond acceptors (Lipinski definition) is 3. The fraction of sp³-hybridized carbons (Fsp3) is 0.333. The van der Waals surface area contributed by atoms with E-state index in [9.17, 15) is 0 Å².